The lowest BCUT2D eigenvalue weighted by Crippen LogP contribution is -2.44. The van der Waals surface area contributed by atoms with Crippen molar-refractivity contribution in [1.29, 1.82) is 0 Å². The fourth-order valence-electron chi connectivity index (χ4n) is 4.60. The number of hydrogen-bond acceptors (Lipinski definition) is 5. The standard InChI is InChI=1S/C22H24N2O3/c25-19-12-22(9-3-1-4-10-22)27-21-17(19)7-8-20-18(21)14-24(15-26-20)13-16-6-2-5-11-23-16/h2,5-8,11H,1,3-4,9-10,12-15H2. The SMILES string of the molecule is O=C1CC2(CCCCC2)Oc2c1ccc1c2CN(Cc2ccccn2)CO1. The van der Waals surface area contributed by atoms with Crippen LogP contribution in [0.15, 0.2) is 36.5 Å². The van der Waals surface area contributed by atoms with Crippen molar-refractivity contribution in [3.63, 3.8) is 0 Å². The predicted octanol–water partition coefficient (Wildman–Crippen LogP) is 4.10. The van der Waals surface area contributed by atoms with Crippen molar-refractivity contribution in [2.75, 3.05) is 6.73 Å². The first kappa shape index (κ1) is 16.8. The second kappa shape index (κ2) is 6.64. The second-order valence-electron chi connectivity index (χ2n) is 7.95. The number of ether oxygens (including phenoxy) is 2. The van der Waals surface area contributed by atoms with Gasteiger partial charge < -0.3 is 9.47 Å². The van der Waals surface area contributed by atoms with Crippen LogP contribution in [0.2, 0.25) is 0 Å². The molecule has 1 spiro atoms. The molecule has 5 nitrogen and oxygen atoms in total. The molecule has 27 heavy (non-hydrogen) atoms. The number of carbonyl (C=O) groups is 1. The quantitative estimate of drug-likeness (QED) is 0.803. The minimum Gasteiger partial charge on any atom is -0.486 e. The van der Waals surface area contributed by atoms with E-state index in [4.69, 9.17) is 9.47 Å². The van der Waals surface area contributed by atoms with E-state index in [9.17, 15) is 4.79 Å². The van der Waals surface area contributed by atoms with E-state index in [1.54, 1.807) is 0 Å². The summed E-state index contributed by atoms with van der Waals surface area (Å²) in [6.45, 7) is 1.93. The number of hydrogen-bond donors (Lipinski definition) is 0. The molecule has 1 fully saturated rings. The van der Waals surface area contributed by atoms with E-state index in [0.29, 0.717) is 31.8 Å². The third kappa shape index (κ3) is 3.10. The Morgan fingerprint density at radius 2 is 2.00 bits per heavy atom. The van der Waals surface area contributed by atoms with Crippen LogP contribution in [0.4, 0.5) is 0 Å². The molecule has 1 saturated carbocycles. The van der Waals surface area contributed by atoms with E-state index in [-0.39, 0.29) is 11.4 Å². The van der Waals surface area contributed by atoms with Crippen LogP contribution in [0, 0.1) is 0 Å². The van der Waals surface area contributed by atoms with Crippen LogP contribution in [0.1, 0.15) is 60.1 Å². The molecule has 140 valence electrons. The number of Topliss-reactive ketones (excluding diaryl/α,β-unsaturated/α-hetero) is 1. The third-order valence-electron chi connectivity index (χ3n) is 5.98. The summed E-state index contributed by atoms with van der Waals surface area (Å²) in [7, 11) is 0. The molecule has 0 unspecified atom stereocenters. The molecule has 3 heterocycles. The lowest BCUT2D eigenvalue weighted by Gasteiger charge is -2.42. The molecule has 1 aromatic carbocycles. The molecule has 2 aromatic rings. The molecule has 2 aliphatic heterocycles. The normalized spacial score (nSPS) is 21.1. The second-order valence-corrected chi connectivity index (χ2v) is 7.95. The summed E-state index contributed by atoms with van der Waals surface area (Å²) in [5.41, 5.74) is 2.43. The first-order valence-electron chi connectivity index (χ1n) is 9.86. The summed E-state index contributed by atoms with van der Waals surface area (Å²) in [6, 6.07) is 9.74. The molecular formula is C22H24N2O3. The van der Waals surface area contributed by atoms with Crippen molar-refractivity contribution in [2.45, 2.75) is 57.2 Å². The molecule has 0 bridgehead atoms. The summed E-state index contributed by atoms with van der Waals surface area (Å²) in [6.07, 6.45) is 7.78. The van der Waals surface area contributed by atoms with E-state index in [0.717, 1.165) is 48.4 Å². The van der Waals surface area contributed by atoms with E-state index in [1.807, 2.05) is 36.5 Å². The Morgan fingerprint density at radius 3 is 2.81 bits per heavy atom. The smallest absolute Gasteiger partial charge is 0.170 e. The zero-order valence-electron chi connectivity index (χ0n) is 15.4. The van der Waals surface area contributed by atoms with Crippen molar-refractivity contribution >= 4 is 5.78 Å². The van der Waals surface area contributed by atoms with Crippen LogP contribution in [-0.2, 0) is 13.1 Å². The van der Waals surface area contributed by atoms with Crippen molar-refractivity contribution < 1.29 is 14.3 Å². The number of benzene rings is 1. The molecule has 0 saturated heterocycles. The van der Waals surface area contributed by atoms with Gasteiger partial charge in [0.15, 0.2) is 5.78 Å². The highest BCUT2D eigenvalue weighted by atomic mass is 16.5. The number of nitrogens with zero attached hydrogens (tertiary/aromatic N) is 2. The summed E-state index contributed by atoms with van der Waals surface area (Å²) < 4.78 is 12.6. The number of fused-ring (bicyclic) bond motifs is 3. The van der Waals surface area contributed by atoms with Gasteiger partial charge in [-0.1, -0.05) is 12.5 Å². The Labute approximate surface area is 159 Å². The van der Waals surface area contributed by atoms with Crippen LogP contribution < -0.4 is 9.47 Å². The molecule has 0 atom stereocenters. The Kier molecular flexibility index (Phi) is 4.12. The maximum Gasteiger partial charge on any atom is 0.170 e. The molecule has 0 amide bonds. The number of aromatic nitrogens is 1. The molecular weight excluding hydrogens is 340 g/mol. The van der Waals surface area contributed by atoms with Gasteiger partial charge in [-0.15, -0.1) is 0 Å². The van der Waals surface area contributed by atoms with Crippen molar-refractivity contribution in [1.82, 2.24) is 9.88 Å². The van der Waals surface area contributed by atoms with Gasteiger partial charge in [0.25, 0.3) is 0 Å². The topological polar surface area (TPSA) is 51.7 Å². The van der Waals surface area contributed by atoms with Gasteiger partial charge in [0, 0.05) is 19.3 Å². The first-order chi connectivity index (χ1) is 13.2. The largest absolute Gasteiger partial charge is 0.486 e. The summed E-state index contributed by atoms with van der Waals surface area (Å²) in [5.74, 6) is 1.81. The zero-order chi connectivity index (χ0) is 18.3. The minimum absolute atomic E-state index is 0.211. The maximum absolute atomic E-state index is 12.9. The maximum atomic E-state index is 12.9. The lowest BCUT2D eigenvalue weighted by molar-refractivity contribution is 0.00929. The van der Waals surface area contributed by atoms with Crippen molar-refractivity contribution in [3.05, 3.63) is 53.3 Å². The molecule has 5 rings (SSSR count). The van der Waals surface area contributed by atoms with Crippen LogP contribution in [0.5, 0.6) is 11.5 Å². The summed E-state index contributed by atoms with van der Waals surface area (Å²) in [4.78, 5) is 19.5. The number of ketones is 1. The summed E-state index contributed by atoms with van der Waals surface area (Å²) >= 11 is 0. The van der Waals surface area contributed by atoms with Crippen LogP contribution in [-0.4, -0.2) is 28.0 Å². The average molecular weight is 364 g/mol. The van der Waals surface area contributed by atoms with Crippen LogP contribution in [0.3, 0.4) is 0 Å². The van der Waals surface area contributed by atoms with Gasteiger partial charge in [0.05, 0.1) is 23.2 Å². The van der Waals surface area contributed by atoms with Gasteiger partial charge in [0.2, 0.25) is 0 Å². The molecule has 1 aliphatic carbocycles. The fourth-order valence-corrected chi connectivity index (χ4v) is 4.60. The number of carbonyl (C=O) groups excluding carboxylic acids is 1. The molecule has 5 heteroatoms. The Hall–Kier alpha value is -2.40. The number of pyridine rings is 1. The van der Waals surface area contributed by atoms with Crippen LogP contribution >= 0.6 is 0 Å². The zero-order valence-corrected chi connectivity index (χ0v) is 15.4. The van der Waals surface area contributed by atoms with Gasteiger partial charge in [-0.25, -0.2) is 0 Å². The van der Waals surface area contributed by atoms with E-state index in [2.05, 4.69) is 9.88 Å². The first-order valence-corrected chi connectivity index (χ1v) is 9.86. The van der Waals surface area contributed by atoms with Gasteiger partial charge in [-0.3, -0.25) is 14.7 Å². The monoisotopic (exact) mass is 364 g/mol. The number of rotatable bonds is 2. The van der Waals surface area contributed by atoms with Gasteiger partial charge in [0.1, 0.15) is 23.8 Å². The van der Waals surface area contributed by atoms with Crippen LogP contribution in [0.25, 0.3) is 0 Å². The van der Waals surface area contributed by atoms with Gasteiger partial charge in [-0.05, 0) is 49.9 Å². The fraction of sp³-hybridized carbons (Fsp3) is 0.455. The highest BCUT2D eigenvalue weighted by Crippen LogP contribution is 2.46. The highest BCUT2D eigenvalue weighted by molar-refractivity contribution is 6.01. The van der Waals surface area contributed by atoms with E-state index >= 15 is 0 Å². The molecule has 1 aromatic heterocycles. The minimum atomic E-state index is -0.305. The third-order valence-corrected chi connectivity index (χ3v) is 5.98. The average Bonchev–Trinajstić information content (AvgIpc) is 2.69. The van der Waals surface area contributed by atoms with Gasteiger partial charge >= 0.3 is 0 Å². The van der Waals surface area contributed by atoms with E-state index in [1.165, 1.54) is 6.42 Å². The van der Waals surface area contributed by atoms with Gasteiger partial charge in [-0.2, -0.15) is 0 Å². The Bertz CT molecular complexity index is 859. The molecule has 0 radical (unpaired) electrons. The summed E-state index contributed by atoms with van der Waals surface area (Å²) in [5, 5.41) is 0. The van der Waals surface area contributed by atoms with Crippen molar-refractivity contribution in [2.24, 2.45) is 0 Å². The Balaban J connectivity index is 1.46. The van der Waals surface area contributed by atoms with E-state index < -0.39 is 0 Å². The Morgan fingerprint density at radius 1 is 1.11 bits per heavy atom. The molecule has 0 N–H and O–H groups in total. The van der Waals surface area contributed by atoms with Crippen molar-refractivity contribution in [3.8, 4) is 11.5 Å². The predicted molar refractivity (Wildman–Crippen MR) is 101 cm³/mol. The highest BCUT2D eigenvalue weighted by Gasteiger charge is 2.43. The lowest BCUT2D eigenvalue weighted by atomic mass is 9.78. The molecule has 3 aliphatic rings.